The summed E-state index contributed by atoms with van der Waals surface area (Å²) in [6.07, 6.45) is 4.63. The number of aromatic amines is 1. The molecule has 2 aromatic carbocycles. The van der Waals surface area contributed by atoms with Gasteiger partial charge in [-0.15, -0.1) is 10.2 Å². The first-order valence-corrected chi connectivity index (χ1v) is 11.8. The number of thioether (sulfide) groups is 1. The summed E-state index contributed by atoms with van der Waals surface area (Å²) in [6, 6.07) is 15.0. The van der Waals surface area contributed by atoms with E-state index in [-0.39, 0.29) is 5.56 Å². The van der Waals surface area contributed by atoms with Crippen LogP contribution in [0.5, 0.6) is 0 Å². The fraction of sp³-hybridized carbons (Fsp3) is 0.304. The number of rotatable bonds is 9. The Hall–Kier alpha value is -2.64. The fourth-order valence-corrected chi connectivity index (χ4v) is 4.40. The summed E-state index contributed by atoms with van der Waals surface area (Å²) in [6.45, 7) is 3.05. The van der Waals surface area contributed by atoms with E-state index in [0.29, 0.717) is 27.5 Å². The maximum atomic E-state index is 12.3. The summed E-state index contributed by atoms with van der Waals surface area (Å²) in [5, 5.41) is 11.0. The van der Waals surface area contributed by atoms with Crippen molar-refractivity contribution >= 4 is 34.3 Å². The number of fused-ring (bicyclic) bond motifs is 1. The van der Waals surface area contributed by atoms with Gasteiger partial charge in [0, 0.05) is 17.1 Å². The Kier molecular flexibility index (Phi) is 7.04. The highest BCUT2D eigenvalue weighted by Crippen LogP contribution is 2.27. The third kappa shape index (κ3) is 5.17. The van der Waals surface area contributed by atoms with Crippen molar-refractivity contribution in [3.63, 3.8) is 0 Å². The molecule has 0 aliphatic rings. The molecule has 2 aromatic heterocycles. The molecule has 160 valence electrons. The Bertz CT molecular complexity index is 1220. The molecule has 0 saturated heterocycles. The normalized spacial score (nSPS) is 11.3. The van der Waals surface area contributed by atoms with Crippen molar-refractivity contribution in [3.8, 4) is 11.4 Å². The molecule has 4 rings (SSSR count). The van der Waals surface area contributed by atoms with Crippen molar-refractivity contribution in [3.05, 3.63) is 69.7 Å². The summed E-state index contributed by atoms with van der Waals surface area (Å²) in [4.78, 5) is 19.8. The Morgan fingerprint density at radius 2 is 1.84 bits per heavy atom. The van der Waals surface area contributed by atoms with Crippen molar-refractivity contribution in [2.75, 3.05) is 0 Å². The second-order valence-electron chi connectivity index (χ2n) is 7.34. The van der Waals surface area contributed by atoms with Gasteiger partial charge in [-0.25, -0.2) is 4.98 Å². The molecule has 2 heterocycles. The van der Waals surface area contributed by atoms with Crippen molar-refractivity contribution < 1.29 is 0 Å². The smallest absolute Gasteiger partial charge is 0.258 e. The SMILES string of the molecule is CCCCCCn1c(SCc2nc3ccccc3c(=O)[nH]2)nnc1-c1ccc(Cl)cc1. The monoisotopic (exact) mass is 453 g/mol. The average Bonchev–Trinajstić information content (AvgIpc) is 3.18. The predicted molar refractivity (Wildman–Crippen MR) is 127 cm³/mol. The van der Waals surface area contributed by atoms with Gasteiger partial charge in [0.15, 0.2) is 11.0 Å². The van der Waals surface area contributed by atoms with E-state index in [2.05, 4.69) is 31.7 Å². The van der Waals surface area contributed by atoms with Gasteiger partial charge in [0.1, 0.15) is 5.82 Å². The lowest BCUT2D eigenvalue weighted by Gasteiger charge is -2.10. The minimum Gasteiger partial charge on any atom is -0.309 e. The number of benzene rings is 2. The lowest BCUT2D eigenvalue weighted by atomic mass is 10.2. The zero-order chi connectivity index (χ0) is 21.6. The Balaban J connectivity index is 1.58. The number of hydrogen-bond donors (Lipinski definition) is 1. The van der Waals surface area contributed by atoms with Gasteiger partial charge in [-0.3, -0.25) is 4.79 Å². The number of halogens is 1. The lowest BCUT2D eigenvalue weighted by molar-refractivity contribution is 0.556. The number of unbranched alkanes of at least 4 members (excludes halogenated alkanes) is 3. The number of nitrogens with zero attached hydrogens (tertiary/aromatic N) is 4. The molecule has 0 atom stereocenters. The first kappa shape index (κ1) is 21.6. The molecule has 8 heteroatoms. The van der Waals surface area contributed by atoms with Gasteiger partial charge in [-0.2, -0.15) is 0 Å². The van der Waals surface area contributed by atoms with E-state index in [9.17, 15) is 4.79 Å². The van der Waals surface area contributed by atoms with Gasteiger partial charge in [-0.05, 0) is 42.8 Å². The maximum Gasteiger partial charge on any atom is 0.258 e. The van der Waals surface area contributed by atoms with Crippen LogP contribution in [0.1, 0.15) is 38.4 Å². The van der Waals surface area contributed by atoms with Crippen LogP contribution in [0.2, 0.25) is 5.02 Å². The van der Waals surface area contributed by atoms with Crippen molar-refractivity contribution in [2.24, 2.45) is 0 Å². The van der Waals surface area contributed by atoms with Crippen molar-refractivity contribution in [2.45, 2.75) is 50.1 Å². The molecule has 1 N–H and O–H groups in total. The lowest BCUT2D eigenvalue weighted by Crippen LogP contribution is -2.11. The number of para-hydroxylation sites is 1. The van der Waals surface area contributed by atoms with Gasteiger partial charge in [0.2, 0.25) is 0 Å². The zero-order valence-corrected chi connectivity index (χ0v) is 18.9. The molecule has 4 aromatic rings. The first-order chi connectivity index (χ1) is 15.2. The van der Waals surface area contributed by atoms with Crippen LogP contribution in [0.25, 0.3) is 22.3 Å². The topological polar surface area (TPSA) is 76.5 Å². The van der Waals surface area contributed by atoms with Crippen LogP contribution < -0.4 is 5.56 Å². The summed E-state index contributed by atoms with van der Waals surface area (Å²) in [5.74, 6) is 1.96. The van der Waals surface area contributed by atoms with Crippen LogP contribution in [0, 0.1) is 0 Å². The van der Waals surface area contributed by atoms with Gasteiger partial charge >= 0.3 is 0 Å². The molecule has 0 amide bonds. The largest absolute Gasteiger partial charge is 0.309 e. The van der Waals surface area contributed by atoms with Crippen LogP contribution in [0.3, 0.4) is 0 Å². The number of H-pyrrole nitrogens is 1. The quantitative estimate of drug-likeness (QED) is 0.259. The minimum absolute atomic E-state index is 0.121. The van der Waals surface area contributed by atoms with E-state index in [4.69, 9.17) is 11.6 Å². The van der Waals surface area contributed by atoms with E-state index >= 15 is 0 Å². The van der Waals surface area contributed by atoms with Crippen LogP contribution in [-0.2, 0) is 12.3 Å². The molecular formula is C23H24ClN5OS. The highest BCUT2D eigenvalue weighted by molar-refractivity contribution is 7.98. The number of aromatic nitrogens is 5. The molecular weight excluding hydrogens is 430 g/mol. The Morgan fingerprint density at radius 1 is 1.03 bits per heavy atom. The second-order valence-corrected chi connectivity index (χ2v) is 8.72. The van der Waals surface area contributed by atoms with E-state index in [1.807, 2.05) is 42.5 Å². The first-order valence-electron chi connectivity index (χ1n) is 10.5. The highest BCUT2D eigenvalue weighted by atomic mass is 35.5. The number of hydrogen-bond acceptors (Lipinski definition) is 5. The third-order valence-electron chi connectivity index (χ3n) is 5.05. The molecule has 0 spiro atoms. The molecule has 0 aliphatic carbocycles. The summed E-state index contributed by atoms with van der Waals surface area (Å²) in [5.41, 5.74) is 1.56. The van der Waals surface area contributed by atoms with Crippen molar-refractivity contribution in [1.82, 2.24) is 24.7 Å². The summed E-state index contributed by atoms with van der Waals surface area (Å²) in [7, 11) is 0. The standard InChI is InChI=1S/C23H24ClN5OS/c1-2-3-4-7-14-29-21(16-10-12-17(24)13-11-16)27-28-23(29)31-15-20-25-19-9-6-5-8-18(19)22(30)26-20/h5-6,8-13H,2-4,7,14-15H2,1H3,(H,25,26,30). The Morgan fingerprint density at radius 3 is 2.65 bits per heavy atom. The number of nitrogens with one attached hydrogen (secondary N) is 1. The van der Waals surface area contributed by atoms with E-state index in [0.717, 1.165) is 29.5 Å². The average molecular weight is 454 g/mol. The third-order valence-corrected chi connectivity index (χ3v) is 6.28. The molecule has 31 heavy (non-hydrogen) atoms. The van der Waals surface area contributed by atoms with Crippen LogP contribution in [-0.4, -0.2) is 24.7 Å². The Labute approximate surface area is 190 Å². The van der Waals surface area contributed by atoms with Crippen LogP contribution in [0.15, 0.2) is 58.5 Å². The fourth-order valence-electron chi connectivity index (χ4n) is 3.44. The molecule has 6 nitrogen and oxygen atoms in total. The van der Waals surface area contributed by atoms with Crippen LogP contribution in [0.4, 0.5) is 0 Å². The van der Waals surface area contributed by atoms with Gasteiger partial charge < -0.3 is 9.55 Å². The summed E-state index contributed by atoms with van der Waals surface area (Å²) >= 11 is 7.58. The predicted octanol–water partition coefficient (Wildman–Crippen LogP) is 5.71. The van der Waals surface area contributed by atoms with E-state index < -0.39 is 0 Å². The molecule has 0 bridgehead atoms. The summed E-state index contributed by atoms with van der Waals surface area (Å²) < 4.78 is 2.16. The molecule has 0 unspecified atom stereocenters. The maximum absolute atomic E-state index is 12.3. The molecule has 0 fully saturated rings. The minimum atomic E-state index is -0.121. The van der Waals surface area contributed by atoms with Crippen molar-refractivity contribution in [1.29, 1.82) is 0 Å². The van der Waals surface area contributed by atoms with Gasteiger partial charge in [-0.1, -0.05) is 61.7 Å². The second kappa shape index (κ2) is 10.1. The van der Waals surface area contributed by atoms with E-state index in [1.165, 1.54) is 31.0 Å². The highest BCUT2D eigenvalue weighted by Gasteiger charge is 2.15. The zero-order valence-electron chi connectivity index (χ0n) is 17.3. The van der Waals surface area contributed by atoms with Gasteiger partial charge in [0.05, 0.1) is 16.7 Å². The van der Waals surface area contributed by atoms with E-state index in [1.54, 1.807) is 6.07 Å². The molecule has 0 radical (unpaired) electrons. The molecule has 0 saturated carbocycles. The molecule has 0 aliphatic heterocycles. The van der Waals surface area contributed by atoms with Crippen LogP contribution >= 0.6 is 23.4 Å². The van der Waals surface area contributed by atoms with Gasteiger partial charge in [0.25, 0.3) is 5.56 Å².